The second-order valence-corrected chi connectivity index (χ2v) is 26.3. The average Bonchev–Trinajstić information content (AvgIpc) is 3.48. The molecule has 3 N–H and O–H groups in total. The third-order valence-electron chi connectivity index (χ3n) is 18.1. The molecule has 2 atom stereocenters. The number of allylic oxidation sites excluding steroid dienone is 2. The molecule has 0 rings (SSSR count). The summed E-state index contributed by atoms with van der Waals surface area (Å²) in [7, 11) is 0. The van der Waals surface area contributed by atoms with Gasteiger partial charge in [-0.15, -0.1) is 0 Å². The van der Waals surface area contributed by atoms with Gasteiger partial charge >= 0.3 is 5.97 Å². The van der Waals surface area contributed by atoms with Crippen molar-refractivity contribution < 1.29 is 24.5 Å². The molecule has 0 aliphatic carbocycles. The smallest absolute Gasteiger partial charge is 0.305 e. The minimum atomic E-state index is -0.663. The minimum absolute atomic E-state index is 0.0114. The number of hydrogen-bond donors (Lipinski definition) is 3. The van der Waals surface area contributed by atoms with Gasteiger partial charge in [0.15, 0.2) is 0 Å². The molecule has 0 aliphatic rings. The topological polar surface area (TPSA) is 95.9 Å². The predicted molar refractivity (Wildman–Crippen MR) is 361 cm³/mol. The number of nitrogens with one attached hydrogen (secondary N) is 1. The van der Waals surface area contributed by atoms with E-state index in [2.05, 4.69) is 31.3 Å². The highest BCUT2D eigenvalue weighted by molar-refractivity contribution is 5.76. The summed E-state index contributed by atoms with van der Waals surface area (Å²) in [5.41, 5.74) is 0. The number of aliphatic hydroxyl groups excluding tert-OH is 2. The summed E-state index contributed by atoms with van der Waals surface area (Å²) >= 11 is 0. The molecule has 0 heterocycles. The van der Waals surface area contributed by atoms with Crippen LogP contribution in [0.1, 0.15) is 438 Å². The van der Waals surface area contributed by atoms with Crippen molar-refractivity contribution >= 4 is 11.9 Å². The molecule has 0 spiro atoms. The van der Waals surface area contributed by atoms with Crippen LogP contribution in [0, 0.1) is 0 Å². The van der Waals surface area contributed by atoms with E-state index in [0.29, 0.717) is 25.9 Å². The van der Waals surface area contributed by atoms with Gasteiger partial charge in [-0.1, -0.05) is 386 Å². The lowest BCUT2D eigenvalue weighted by Crippen LogP contribution is -2.45. The maximum atomic E-state index is 12.6. The SMILES string of the molecule is CCCCCCCC/C=C\CCCCCCCC(=O)OCCCCCCCCCCCCCCCCCCCCCCCCCCCCCC(=O)NC(CO)C(O)CCCCCCCCCCCCCCCCCCCCCCCCC. The monoisotopic (exact) mass is 1160 g/mol. The Kier molecular flexibility index (Phi) is 70.8. The van der Waals surface area contributed by atoms with Gasteiger partial charge in [0.25, 0.3) is 0 Å². The fourth-order valence-corrected chi connectivity index (χ4v) is 12.3. The Labute approximate surface area is 514 Å². The highest BCUT2D eigenvalue weighted by atomic mass is 16.5. The van der Waals surface area contributed by atoms with Gasteiger partial charge in [-0.05, 0) is 51.4 Å². The summed E-state index contributed by atoms with van der Waals surface area (Å²) in [5, 5.41) is 23.5. The molecule has 0 fully saturated rings. The van der Waals surface area contributed by atoms with Gasteiger partial charge in [-0.3, -0.25) is 9.59 Å². The highest BCUT2D eigenvalue weighted by Crippen LogP contribution is 2.20. The maximum Gasteiger partial charge on any atom is 0.305 e. The third kappa shape index (κ3) is 67.7. The molecule has 488 valence electrons. The van der Waals surface area contributed by atoms with Gasteiger partial charge in [-0.25, -0.2) is 0 Å². The van der Waals surface area contributed by atoms with Crippen molar-refractivity contribution in [1.29, 1.82) is 0 Å². The molecule has 1 amide bonds. The molecule has 0 aromatic rings. The molecule has 0 aromatic carbocycles. The van der Waals surface area contributed by atoms with Crippen molar-refractivity contribution in [2.45, 2.75) is 450 Å². The zero-order valence-corrected chi connectivity index (χ0v) is 56.0. The van der Waals surface area contributed by atoms with Gasteiger partial charge in [-0.2, -0.15) is 0 Å². The van der Waals surface area contributed by atoms with Crippen LogP contribution in [0.15, 0.2) is 12.2 Å². The number of esters is 1. The highest BCUT2D eigenvalue weighted by Gasteiger charge is 2.20. The average molecular weight is 1160 g/mol. The molecule has 6 nitrogen and oxygen atoms in total. The van der Waals surface area contributed by atoms with Crippen LogP contribution in [0.2, 0.25) is 0 Å². The normalized spacial score (nSPS) is 12.5. The third-order valence-corrected chi connectivity index (χ3v) is 18.1. The Balaban J connectivity index is 3.35. The lowest BCUT2D eigenvalue weighted by atomic mass is 10.0. The second-order valence-electron chi connectivity index (χ2n) is 26.3. The van der Waals surface area contributed by atoms with Crippen LogP contribution in [-0.4, -0.2) is 47.4 Å². The van der Waals surface area contributed by atoms with E-state index < -0.39 is 12.1 Å². The number of rotatable bonds is 72. The quantitative estimate of drug-likeness (QED) is 0.0320. The number of hydrogen-bond acceptors (Lipinski definition) is 5. The van der Waals surface area contributed by atoms with E-state index in [9.17, 15) is 19.8 Å². The molecule has 0 aliphatic heterocycles. The van der Waals surface area contributed by atoms with E-state index in [0.717, 1.165) is 44.9 Å². The van der Waals surface area contributed by atoms with Gasteiger partial charge in [0, 0.05) is 12.8 Å². The molecule has 0 aromatic heterocycles. The summed E-state index contributed by atoms with van der Waals surface area (Å²) in [5.74, 6) is -0.0151. The first-order valence-corrected chi connectivity index (χ1v) is 37.9. The van der Waals surface area contributed by atoms with E-state index in [-0.39, 0.29) is 18.5 Å². The molecular formula is C76H149NO5. The van der Waals surface area contributed by atoms with Crippen LogP contribution in [0.5, 0.6) is 0 Å². The van der Waals surface area contributed by atoms with Crippen LogP contribution in [0.3, 0.4) is 0 Å². The van der Waals surface area contributed by atoms with Crippen LogP contribution in [0.4, 0.5) is 0 Å². The van der Waals surface area contributed by atoms with Crippen molar-refractivity contribution in [3.05, 3.63) is 12.2 Å². The van der Waals surface area contributed by atoms with E-state index in [1.54, 1.807) is 0 Å². The first-order valence-electron chi connectivity index (χ1n) is 37.9. The summed E-state index contributed by atoms with van der Waals surface area (Å²) in [4.78, 5) is 24.6. The fraction of sp³-hybridized carbons (Fsp3) is 0.947. The number of carbonyl (C=O) groups is 2. The van der Waals surface area contributed by atoms with Crippen molar-refractivity contribution in [3.8, 4) is 0 Å². The fourth-order valence-electron chi connectivity index (χ4n) is 12.3. The Hall–Kier alpha value is -1.40. The Morgan fingerprint density at radius 2 is 0.573 bits per heavy atom. The van der Waals surface area contributed by atoms with E-state index in [1.807, 2.05) is 0 Å². The van der Waals surface area contributed by atoms with Crippen molar-refractivity contribution in [2.75, 3.05) is 13.2 Å². The summed E-state index contributed by atoms with van der Waals surface area (Å²) in [6.07, 6.45) is 90.0. The van der Waals surface area contributed by atoms with Crippen LogP contribution in [-0.2, 0) is 14.3 Å². The lowest BCUT2D eigenvalue weighted by molar-refractivity contribution is -0.143. The van der Waals surface area contributed by atoms with Crippen LogP contribution < -0.4 is 5.32 Å². The minimum Gasteiger partial charge on any atom is -0.466 e. The van der Waals surface area contributed by atoms with Crippen molar-refractivity contribution in [1.82, 2.24) is 5.32 Å². The number of unbranched alkanes of at least 4 members (excludes halogenated alkanes) is 59. The first-order chi connectivity index (χ1) is 40.5. The molecule has 0 saturated heterocycles. The van der Waals surface area contributed by atoms with Crippen molar-refractivity contribution in [3.63, 3.8) is 0 Å². The second kappa shape index (κ2) is 72.1. The lowest BCUT2D eigenvalue weighted by Gasteiger charge is -2.22. The predicted octanol–water partition coefficient (Wildman–Crippen LogP) is 24.7. The number of amides is 1. The molecule has 0 radical (unpaired) electrons. The maximum absolute atomic E-state index is 12.6. The van der Waals surface area contributed by atoms with Gasteiger partial charge < -0.3 is 20.3 Å². The van der Waals surface area contributed by atoms with Gasteiger partial charge in [0.2, 0.25) is 5.91 Å². The standard InChI is InChI=1S/C76H149NO5/c1-3-5-7-9-11-13-15-17-19-20-21-22-28-31-34-37-41-44-48-52-56-60-64-68-74(79)73(72-78)77-75(80)69-65-61-57-53-49-45-42-38-35-32-29-26-24-23-25-27-30-33-36-39-43-47-51-55-59-63-67-71-82-76(81)70-66-62-58-54-50-46-40-18-16-14-12-10-8-6-4-2/h18,40,73-74,78-79H,3-17,19-39,41-72H2,1-2H3,(H,77,80)/b40-18-. The Bertz CT molecular complexity index is 1240. The number of carbonyl (C=O) groups excluding carboxylic acids is 2. The summed E-state index contributed by atoms with van der Waals surface area (Å²) in [6, 6.07) is -0.540. The van der Waals surface area contributed by atoms with Crippen LogP contribution >= 0.6 is 0 Å². The Morgan fingerprint density at radius 3 is 0.866 bits per heavy atom. The molecule has 82 heavy (non-hydrogen) atoms. The molecule has 0 bridgehead atoms. The molecule has 2 unspecified atom stereocenters. The number of aliphatic hydroxyl groups is 2. The van der Waals surface area contributed by atoms with Gasteiger partial charge in [0.05, 0.1) is 25.4 Å². The first kappa shape index (κ1) is 80.6. The summed E-state index contributed by atoms with van der Waals surface area (Å²) in [6.45, 7) is 5.00. The van der Waals surface area contributed by atoms with Crippen LogP contribution in [0.25, 0.3) is 0 Å². The van der Waals surface area contributed by atoms with E-state index in [4.69, 9.17) is 4.74 Å². The molecular weight excluding hydrogens is 1010 g/mol. The zero-order valence-electron chi connectivity index (χ0n) is 56.0. The molecule has 0 saturated carbocycles. The van der Waals surface area contributed by atoms with E-state index in [1.165, 1.54) is 360 Å². The van der Waals surface area contributed by atoms with Crippen molar-refractivity contribution in [2.24, 2.45) is 0 Å². The van der Waals surface area contributed by atoms with E-state index >= 15 is 0 Å². The largest absolute Gasteiger partial charge is 0.466 e. The summed E-state index contributed by atoms with van der Waals surface area (Å²) < 4.78 is 5.50. The number of ether oxygens (including phenoxy) is 1. The molecule has 6 heteroatoms. The van der Waals surface area contributed by atoms with Gasteiger partial charge in [0.1, 0.15) is 0 Å². The Morgan fingerprint density at radius 1 is 0.329 bits per heavy atom. The zero-order chi connectivity index (χ0) is 59.2.